The summed E-state index contributed by atoms with van der Waals surface area (Å²) in [6, 6.07) is 5.04. The zero-order chi connectivity index (χ0) is 31.2. The first-order chi connectivity index (χ1) is 20.2. The molecule has 3 N–H and O–H groups in total. The number of amides is 3. The molecule has 0 aliphatic heterocycles. The fourth-order valence-electron chi connectivity index (χ4n) is 3.58. The summed E-state index contributed by atoms with van der Waals surface area (Å²) in [6.45, 7) is 1.97. The number of alkyl carbamates (subject to hydrolysis) is 3. The van der Waals surface area contributed by atoms with E-state index in [1.165, 1.54) is 26.3 Å². The van der Waals surface area contributed by atoms with E-state index in [2.05, 4.69) is 69.6 Å². The van der Waals surface area contributed by atoms with E-state index < -0.39 is 24.2 Å². The summed E-state index contributed by atoms with van der Waals surface area (Å²) in [6.07, 6.45) is 4.87. The van der Waals surface area contributed by atoms with Crippen molar-refractivity contribution in [2.45, 2.75) is 38.6 Å². The van der Waals surface area contributed by atoms with Crippen molar-refractivity contribution in [3.05, 3.63) is 29.8 Å². The molecule has 0 aromatic heterocycles. The van der Waals surface area contributed by atoms with Crippen molar-refractivity contribution >= 4 is 67.6 Å². The Morgan fingerprint density at radius 1 is 0.929 bits per heavy atom. The number of rotatable bonds is 13. The predicted molar refractivity (Wildman–Crippen MR) is 167 cm³/mol. The summed E-state index contributed by atoms with van der Waals surface area (Å²) in [5.74, 6) is 0.995. The number of hydrogen-bond donors (Lipinski definition) is 3. The van der Waals surface area contributed by atoms with Gasteiger partial charge in [0.2, 0.25) is 0 Å². The van der Waals surface area contributed by atoms with Crippen molar-refractivity contribution < 1.29 is 60.9 Å². The average molecular weight is 932 g/mol. The van der Waals surface area contributed by atoms with Crippen molar-refractivity contribution in [3.63, 3.8) is 0 Å². The van der Waals surface area contributed by atoms with Gasteiger partial charge in [-0.1, -0.05) is 6.92 Å². The Balaban J connectivity index is 0.00000281. The molecular formula is C26H37I3N3O10-. The Hall–Kier alpha value is -1.97. The normalized spacial score (nSPS) is 15.8. The number of halogens is 3. The van der Waals surface area contributed by atoms with Crippen molar-refractivity contribution in [2.75, 3.05) is 47.3 Å². The van der Waals surface area contributed by atoms with Crippen molar-refractivity contribution in [1.29, 1.82) is 0 Å². The summed E-state index contributed by atoms with van der Waals surface area (Å²) in [5.41, 5.74) is 0.517. The molecule has 16 heteroatoms. The molecule has 0 bridgehead atoms. The average Bonchev–Trinajstić information content (AvgIpc) is 2.98. The van der Waals surface area contributed by atoms with Crippen LogP contribution in [-0.4, -0.2) is 77.6 Å². The molecule has 1 aliphatic carbocycles. The van der Waals surface area contributed by atoms with Gasteiger partial charge in [-0.15, -0.1) is 0 Å². The van der Waals surface area contributed by atoms with E-state index in [0.717, 1.165) is 25.7 Å². The van der Waals surface area contributed by atoms with Gasteiger partial charge >= 0.3 is 74.7 Å². The first-order valence-corrected chi connectivity index (χ1v) is 25.5. The zero-order valence-corrected chi connectivity index (χ0v) is 30.1. The quantitative estimate of drug-likeness (QED) is 0.0665. The van der Waals surface area contributed by atoms with E-state index >= 15 is 0 Å². The van der Waals surface area contributed by atoms with E-state index in [0.29, 0.717) is 36.2 Å². The molecule has 0 heterocycles. The molecule has 0 atom stereocenters. The summed E-state index contributed by atoms with van der Waals surface area (Å²) < 4.78 is 30.8. The number of methoxy groups -OCH3 is 1. The number of nitrogens with one attached hydrogen (secondary N) is 3. The predicted octanol–water partition coefficient (Wildman–Crippen LogP) is 1.75. The van der Waals surface area contributed by atoms with Gasteiger partial charge in [0.15, 0.2) is 6.73 Å². The molecule has 0 spiro atoms. The van der Waals surface area contributed by atoms with Crippen LogP contribution in [0.3, 0.4) is 0 Å². The Labute approximate surface area is 275 Å². The SMILES string of the molecule is CNC(=O)OCNC(=O)OCCOc1ccc(OCCOC(=O)NC2CCC(C)CC2)c(/C=C/C(=O)OC)c1.I[I-]I. The number of carbonyl (C=O) groups excluding carboxylic acids is 4. The van der Waals surface area contributed by atoms with Gasteiger partial charge in [0.05, 0.1) is 7.11 Å². The second kappa shape index (κ2) is 23.5. The molecule has 3 amide bonds. The van der Waals surface area contributed by atoms with Crippen LogP contribution in [-0.2, 0) is 23.7 Å². The van der Waals surface area contributed by atoms with E-state index in [4.69, 9.17) is 18.9 Å². The molecule has 1 aromatic rings. The maximum atomic E-state index is 12.1. The van der Waals surface area contributed by atoms with Crippen LogP contribution in [0, 0.1) is 5.92 Å². The van der Waals surface area contributed by atoms with E-state index in [9.17, 15) is 19.2 Å². The Bertz CT molecular complexity index is 1010. The van der Waals surface area contributed by atoms with Gasteiger partial charge < -0.3 is 39.1 Å². The minimum atomic E-state index is -0.780. The fraction of sp³-hybridized carbons (Fsp3) is 0.538. The van der Waals surface area contributed by atoms with Gasteiger partial charge in [-0.3, -0.25) is 5.32 Å². The molecule has 42 heavy (non-hydrogen) atoms. The molecule has 238 valence electrons. The second-order valence-corrected chi connectivity index (χ2v) is 24.9. The number of benzene rings is 1. The van der Waals surface area contributed by atoms with Gasteiger partial charge in [-0.25, -0.2) is 19.2 Å². The van der Waals surface area contributed by atoms with Gasteiger partial charge in [-0.05, 0) is 55.9 Å². The number of hydrogen-bond acceptors (Lipinski definition) is 10. The van der Waals surface area contributed by atoms with E-state index in [-0.39, 0.29) is 39.2 Å². The molecule has 1 saturated carbocycles. The standard InChI is InChI=1S/C26H37N3O10.I3/c1-18-4-7-20(8-5-18)29-26(33)38-15-13-36-22-10-9-21(16-19(22)6-11-23(30)34-3)35-12-14-37-25(32)28-17-39-24(31)27-2;1-3-2/h6,9-11,16,18,20H,4-5,7-8,12-15,17H2,1-3H3,(H,27,31)(H,28,32)(H,29,33);/q;-1/b11-6+;. The number of ether oxygens (including phenoxy) is 6. The molecule has 0 unspecified atom stereocenters. The van der Waals surface area contributed by atoms with Crippen LogP contribution >= 0.6 is 37.2 Å². The summed E-state index contributed by atoms with van der Waals surface area (Å²) in [7, 11) is 2.65. The summed E-state index contributed by atoms with van der Waals surface area (Å²) >= 11 is 5.30. The van der Waals surface area contributed by atoms with Gasteiger partial charge in [0.1, 0.15) is 37.9 Å². The number of esters is 1. The maximum absolute atomic E-state index is 12.1. The molecular weight excluding hydrogens is 895 g/mol. The van der Waals surface area contributed by atoms with Crippen LogP contribution < -0.4 is 38.7 Å². The van der Waals surface area contributed by atoms with E-state index in [1.54, 1.807) is 18.2 Å². The zero-order valence-electron chi connectivity index (χ0n) is 23.6. The molecule has 13 nitrogen and oxygen atoms in total. The summed E-state index contributed by atoms with van der Waals surface area (Å²) in [4.78, 5) is 46.1. The first-order valence-electron chi connectivity index (χ1n) is 12.9. The monoisotopic (exact) mass is 932 g/mol. The number of carbonyl (C=O) groups is 4. The third-order valence-electron chi connectivity index (χ3n) is 5.70. The molecule has 0 saturated heterocycles. The van der Waals surface area contributed by atoms with Crippen LogP contribution in [0.15, 0.2) is 24.3 Å². The van der Waals surface area contributed by atoms with Gasteiger partial charge in [0.25, 0.3) is 0 Å². The second-order valence-electron chi connectivity index (χ2n) is 8.68. The van der Waals surface area contributed by atoms with Crippen molar-refractivity contribution in [1.82, 2.24) is 16.0 Å². The van der Waals surface area contributed by atoms with Crippen LogP contribution in [0.5, 0.6) is 11.5 Å². The van der Waals surface area contributed by atoms with E-state index in [1.807, 2.05) is 0 Å². The molecule has 1 aromatic carbocycles. The Morgan fingerprint density at radius 2 is 1.57 bits per heavy atom. The minimum absolute atomic E-state index is 0.0347. The van der Waals surface area contributed by atoms with Gasteiger partial charge in [-0.2, -0.15) is 0 Å². The third-order valence-corrected chi connectivity index (χ3v) is 5.70. The molecule has 1 aliphatic rings. The van der Waals surface area contributed by atoms with Crippen molar-refractivity contribution in [2.24, 2.45) is 5.92 Å². The topological polar surface area (TPSA) is 160 Å². The van der Waals surface area contributed by atoms with Gasteiger partial charge in [0, 0.05) is 24.7 Å². The molecule has 1 fully saturated rings. The van der Waals surface area contributed by atoms with Crippen molar-refractivity contribution in [3.8, 4) is 11.5 Å². The first kappa shape index (κ1) is 38.1. The van der Waals surface area contributed by atoms with Crippen LogP contribution in [0.25, 0.3) is 6.08 Å². The molecule has 0 radical (unpaired) electrons. The van der Waals surface area contributed by atoms with Crippen LogP contribution in [0.1, 0.15) is 38.2 Å². The van der Waals surface area contributed by atoms with Crippen LogP contribution in [0.4, 0.5) is 14.4 Å². The Kier molecular flexibility index (Phi) is 21.3. The van der Waals surface area contributed by atoms with Crippen LogP contribution in [0.2, 0.25) is 0 Å². The fourth-order valence-corrected chi connectivity index (χ4v) is 3.58. The molecule has 2 rings (SSSR count). The third kappa shape index (κ3) is 17.9. The Morgan fingerprint density at radius 3 is 2.21 bits per heavy atom. The summed E-state index contributed by atoms with van der Waals surface area (Å²) in [5, 5.41) is 7.37.